The SMILES string of the molecule is CCCOc1ccc(NC(=O)Cc2sc(C)nc2C)cc1Cl. The second-order valence-corrected chi connectivity index (χ2v) is 6.66. The molecule has 22 heavy (non-hydrogen) atoms. The maximum atomic E-state index is 12.1. The average Bonchev–Trinajstić information content (AvgIpc) is 2.76. The number of thiazole rings is 1. The van der Waals surface area contributed by atoms with Gasteiger partial charge in [-0.1, -0.05) is 18.5 Å². The number of nitrogens with one attached hydrogen (secondary N) is 1. The number of nitrogens with zero attached hydrogens (tertiary/aromatic N) is 1. The van der Waals surface area contributed by atoms with Crippen LogP contribution in [0.3, 0.4) is 0 Å². The Bertz CT molecular complexity index is 670. The van der Waals surface area contributed by atoms with E-state index in [4.69, 9.17) is 16.3 Å². The van der Waals surface area contributed by atoms with Gasteiger partial charge in [0.2, 0.25) is 5.91 Å². The summed E-state index contributed by atoms with van der Waals surface area (Å²) in [6.07, 6.45) is 1.24. The fourth-order valence-electron chi connectivity index (χ4n) is 2.00. The lowest BCUT2D eigenvalue weighted by Gasteiger charge is -2.09. The van der Waals surface area contributed by atoms with Crippen LogP contribution in [0, 0.1) is 13.8 Å². The molecule has 0 saturated carbocycles. The highest BCUT2D eigenvalue weighted by Gasteiger charge is 2.11. The number of carbonyl (C=O) groups is 1. The van der Waals surface area contributed by atoms with E-state index in [1.54, 1.807) is 29.5 Å². The van der Waals surface area contributed by atoms with Crippen molar-refractivity contribution < 1.29 is 9.53 Å². The Morgan fingerprint density at radius 3 is 2.77 bits per heavy atom. The van der Waals surface area contributed by atoms with E-state index in [0.29, 0.717) is 29.5 Å². The Kier molecular flexibility index (Phi) is 5.80. The maximum absolute atomic E-state index is 12.1. The lowest BCUT2D eigenvalue weighted by molar-refractivity contribution is -0.115. The Balaban J connectivity index is 1.99. The van der Waals surface area contributed by atoms with Crippen molar-refractivity contribution in [2.24, 2.45) is 0 Å². The molecule has 1 aromatic heterocycles. The van der Waals surface area contributed by atoms with E-state index in [1.165, 1.54) is 0 Å². The van der Waals surface area contributed by atoms with Crippen LogP contribution >= 0.6 is 22.9 Å². The van der Waals surface area contributed by atoms with E-state index in [1.807, 2.05) is 20.8 Å². The molecule has 0 fully saturated rings. The summed E-state index contributed by atoms with van der Waals surface area (Å²) in [7, 11) is 0. The van der Waals surface area contributed by atoms with Gasteiger partial charge in [0.25, 0.3) is 0 Å². The molecule has 2 aromatic rings. The predicted octanol–water partition coefficient (Wildman–Crippen LogP) is 4.38. The first-order valence-corrected chi connectivity index (χ1v) is 8.34. The number of amides is 1. The van der Waals surface area contributed by atoms with Crippen molar-refractivity contribution >= 4 is 34.5 Å². The Morgan fingerprint density at radius 2 is 2.18 bits per heavy atom. The third-order valence-corrected chi connectivity index (χ3v) is 4.37. The van der Waals surface area contributed by atoms with Gasteiger partial charge in [0.1, 0.15) is 5.75 Å². The van der Waals surface area contributed by atoms with Crippen LogP contribution in [0.5, 0.6) is 5.75 Å². The molecule has 0 radical (unpaired) electrons. The molecule has 1 N–H and O–H groups in total. The summed E-state index contributed by atoms with van der Waals surface area (Å²) in [6.45, 7) is 6.51. The highest BCUT2D eigenvalue weighted by molar-refractivity contribution is 7.11. The zero-order valence-electron chi connectivity index (χ0n) is 12.9. The number of halogens is 1. The number of aromatic nitrogens is 1. The first-order chi connectivity index (χ1) is 10.5. The molecule has 0 aliphatic heterocycles. The summed E-state index contributed by atoms with van der Waals surface area (Å²) in [5.74, 6) is 0.556. The van der Waals surface area contributed by atoms with Crippen molar-refractivity contribution in [1.29, 1.82) is 0 Å². The Labute approximate surface area is 139 Å². The highest BCUT2D eigenvalue weighted by atomic mass is 35.5. The zero-order valence-corrected chi connectivity index (χ0v) is 14.5. The van der Waals surface area contributed by atoms with Crippen molar-refractivity contribution in [2.45, 2.75) is 33.6 Å². The number of rotatable bonds is 6. The van der Waals surface area contributed by atoms with Crippen LogP contribution in [0.1, 0.15) is 28.9 Å². The largest absolute Gasteiger partial charge is 0.492 e. The molecular weight excluding hydrogens is 320 g/mol. The topological polar surface area (TPSA) is 51.2 Å². The fraction of sp³-hybridized carbons (Fsp3) is 0.375. The van der Waals surface area contributed by atoms with E-state index >= 15 is 0 Å². The van der Waals surface area contributed by atoms with Crippen molar-refractivity contribution in [1.82, 2.24) is 4.98 Å². The van der Waals surface area contributed by atoms with Crippen LogP contribution in [0.15, 0.2) is 18.2 Å². The Morgan fingerprint density at radius 1 is 1.41 bits per heavy atom. The summed E-state index contributed by atoms with van der Waals surface area (Å²) in [4.78, 5) is 17.4. The van der Waals surface area contributed by atoms with E-state index in [-0.39, 0.29) is 5.91 Å². The van der Waals surface area contributed by atoms with Crippen LogP contribution in [0.25, 0.3) is 0 Å². The summed E-state index contributed by atoms with van der Waals surface area (Å²) >= 11 is 7.70. The van der Waals surface area contributed by atoms with Crippen molar-refractivity contribution in [3.8, 4) is 5.75 Å². The molecule has 0 atom stereocenters. The van der Waals surface area contributed by atoms with Crippen molar-refractivity contribution in [3.05, 3.63) is 38.8 Å². The molecule has 118 valence electrons. The zero-order chi connectivity index (χ0) is 16.1. The summed E-state index contributed by atoms with van der Waals surface area (Å²) < 4.78 is 5.51. The van der Waals surface area contributed by atoms with E-state index in [0.717, 1.165) is 22.0 Å². The second-order valence-electron chi connectivity index (χ2n) is 4.96. The van der Waals surface area contributed by atoms with Gasteiger partial charge in [-0.15, -0.1) is 11.3 Å². The second kappa shape index (κ2) is 7.61. The van der Waals surface area contributed by atoms with Crippen LogP contribution in [0.4, 0.5) is 5.69 Å². The highest BCUT2D eigenvalue weighted by Crippen LogP contribution is 2.28. The van der Waals surface area contributed by atoms with Gasteiger partial charge in [-0.05, 0) is 38.5 Å². The van der Waals surface area contributed by atoms with Gasteiger partial charge in [0.05, 0.1) is 28.8 Å². The lowest BCUT2D eigenvalue weighted by atomic mass is 10.2. The van der Waals surface area contributed by atoms with Crippen molar-refractivity contribution in [3.63, 3.8) is 0 Å². The molecule has 1 aromatic carbocycles. The minimum absolute atomic E-state index is 0.0787. The van der Waals surface area contributed by atoms with Gasteiger partial charge < -0.3 is 10.1 Å². The van der Waals surface area contributed by atoms with Gasteiger partial charge in [0.15, 0.2) is 0 Å². The molecule has 1 amide bonds. The first kappa shape index (κ1) is 16.8. The van der Waals surface area contributed by atoms with E-state index in [9.17, 15) is 4.79 Å². The maximum Gasteiger partial charge on any atom is 0.229 e. The lowest BCUT2D eigenvalue weighted by Crippen LogP contribution is -2.14. The normalized spacial score (nSPS) is 10.5. The van der Waals surface area contributed by atoms with Gasteiger partial charge >= 0.3 is 0 Å². The molecule has 1 heterocycles. The third-order valence-electron chi connectivity index (χ3n) is 3.00. The predicted molar refractivity (Wildman–Crippen MR) is 91.2 cm³/mol. The molecular formula is C16H19ClN2O2S. The summed E-state index contributed by atoms with van der Waals surface area (Å²) in [5, 5.41) is 4.32. The minimum atomic E-state index is -0.0787. The van der Waals surface area contributed by atoms with Crippen molar-refractivity contribution in [2.75, 3.05) is 11.9 Å². The smallest absolute Gasteiger partial charge is 0.229 e. The number of ether oxygens (including phenoxy) is 1. The number of hydrogen-bond acceptors (Lipinski definition) is 4. The third kappa shape index (κ3) is 4.45. The van der Waals surface area contributed by atoms with Gasteiger partial charge in [-0.3, -0.25) is 4.79 Å². The summed E-state index contributed by atoms with van der Waals surface area (Å²) in [6, 6.07) is 5.27. The van der Waals surface area contributed by atoms with E-state index in [2.05, 4.69) is 10.3 Å². The molecule has 6 heteroatoms. The first-order valence-electron chi connectivity index (χ1n) is 7.14. The monoisotopic (exact) mass is 338 g/mol. The van der Waals surface area contributed by atoms with Crippen LogP contribution in [-0.2, 0) is 11.2 Å². The number of benzene rings is 1. The summed E-state index contributed by atoms with van der Waals surface area (Å²) in [5.41, 5.74) is 1.58. The van der Waals surface area contributed by atoms with Gasteiger partial charge in [-0.25, -0.2) is 4.98 Å². The number of aryl methyl sites for hydroxylation is 2. The average molecular weight is 339 g/mol. The molecule has 0 aliphatic rings. The van der Waals surface area contributed by atoms with Gasteiger partial charge in [0, 0.05) is 10.6 Å². The number of carbonyl (C=O) groups excluding carboxylic acids is 1. The molecule has 0 saturated heterocycles. The molecule has 0 spiro atoms. The van der Waals surface area contributed by atoms with Crippen LogP contribution < -0.4 is 10.1 Å². The fourth-order valence-corrected chi connectivity index (χ4v) is 3.17. The van der Waals surface area contributed by atoms with Gasteiger partial charge in [-0.2, -0.15) is 0 Å². The van der Waals surface area contributed by atoms with Crippen LogP contribution in [0.2, 0.25) is 5.02 Å². The Hall–Kier alpha value is -1.59. The quantitative estimate of drug-likeness (QED) is 0.850. The van der Waals surface area contributed by atoms with Crippen LogP contribution in [-0.4, -0.2) is 17.5 Å². The minimum Gasteiger partial charge on any atom is -0.492 e. The molecule has 0 unspecified atom stereocenters. The molecule has 0 aliphatic carbocycles. The molecule has 4 nitrogen and oxygen atoms in total. The number of hydrogen-bond donors (Lipinski definition) is 1. The molecule has 2 rings (SSSR count). The molecule has 0 bridgehead atoms. The standard InChI is InChI=1S/C16H19ClN2O2S/c1-4-7-21-14-6-5-12(8-13(14)17)19-16(20)9-15-10(2)18-11(3)22-15/h5-6,8H,4,7,9H2,1-3H3,(H,19,20). The van der Waals surface area contributed by atoms with E-state index < -0.39 is 0 Å². The number of anilines is 1.